The van der Waals surface area contributed by atoms with E-state index in [1.165, 1.54) is 25.1 Å². The van der Waals surface area contributed by atoms with E-state index in [0.29, 0.717) is 5.92 Å². The number of halogens is 1. The van der Waals surface area contributed by atoms with E-state index < -0.39 is 0 Å². The zero-order valence-electron chi connectivity index (χ0n) is 8.04. The first-order chi connectivity index (χ1) is 6.86. The van der Waals surface area contributed by atoms with Crippen LogP contribution in [-0.4, -0.2) is 13.1 Å². The van der Waals surface area contributed by atoms with E-state index >= 15 is 0 Å². The quantitative estimate of drug-likeness (QED) is 0.747. The molecule has 1 aliphatic heterocycles. The molecule has 1 aliphatic carbocycles. The second-order valence-corrected chi connectivity index (χ2v) is 4.85. The van der Waals surface area contributed by atoms with Crippen molar-refractivity contribution in [1.29, 1.82) is 0 Å². The van der Waals surface area contributed by atoms with E-state index in [2.05, 4.69) is 17.4 Å². The van der Waals surface area contributed by atoms with Crippen LogP contribution in [0.2, 0.25) is 5.02 Å². The van der Waals surface area contributed by atoms with Gasteiger partial charge < -0.3 is 5.32 Å². The molecule has 2 heteroatoms. The second-order valence-electron chi connectivity index (χ2n) is 4.45. The molecule has 74 valence electrons. The lowest BCUT2D eigenvalue weighted by Gasteiger charge is -2.40. The van der Waals surface area contributed by atoms with Crippen LogP contribution < -0.4 is 5.32 Å². The minimum Gasteiger partial charge on any atom is -0.316 e. The standard InChI is InChI=1S/C12H14ClN/c13-12-4-2-1-3-9(12)10-5-8-6-14-7-11(8)10/h1-4,8,10-11,14H,5-7H2/t8-,10-,11+/m0/s1. The second kappa shape index (κ2) is 3.25. The van der Waals surface area contributed by atoms with E-state index in [9.17, 15) is 0 Å². The lowest BCUT2D eigenvalue weighted by Crippen LogP contribution is -2.33. The van der Waals surface area contributed by atoms with E-state index in [4.69, 9.17) is 11.6 Å². The number of rotatable bonds is 1. The predicted octanol–water partition coefficient (Wildman–Crippen LogP) is 2.66. The monoisotopic (exact) mass is 207 g/mol. The summed E-state index contributed by atoms with van der Waals surface area (Å²) in [6.07, 6.45) is 1.32. The molecule has 0 aromatic heterocycles. The van der Waals surface area contributed by atoms with Crippen LogP contribution in [0.5, 0.6) is 0 Å². The van der Waals surface area contributed by atoms with Crippen molar-refractivity contribution in [3.8, 4) is 0 Å². The van der Waals surface area contributed by atoms with Gasteiger partial charge in [-0.15, -0.1) is 0 Å². The molecule has 0 radical (unpaired) electrons. The Balaban J connectivity index is 1.87. The Morgan fingerprint density at radius 1 is 1.21 bits per heavy atom. The van der Waals surface area contributed by atoms with E-state index in [0.717, 1.165) is 16.9 Å². The molecule has 0 unspecified atom stereocenters. The summed E-state index contributed by atoms with van der Waals surface area (Å²) in [6, 6.07) is 8.29. The molecule has 1 heterocycles. The van der Waals surface area contributed by atoms with Crippen LogP contribution in [0.1, 0.15) is 17.9 Å². The summed E-state index contributed by atoms with van der Waals surface area (Å²) >= 11 is 6.20. The molecule has 2 fully saturated rings. The molecular formula is C12H14ClN. The Hall–Kier alpha value is -0.530. The maximum absolute atomic E-state index is 6.20. The Bertz CT molecular complexity index is 350. The molecule has 3 rings (SSSR count). The lowest BCUT2D eigenvalue weighted by atomic mass is 9.64. The molecule has 0 bridgehead atoms. The van der Waals surface area contributed by atoms with Crippen LogP contribution >= 0.6 is 11.6 Å². The van der Waals surface area contributed by atoms with Gasteiger partial charge in [0.15, 0.2) is 0 Å². The van der Waals surface area contributed by atoms with Gasteiger partial charge in [0, 0.05) is 5.02 Å². The van der Waals surface area contributed by atoms with Crippen LogP contribution in [-0.2, 0) is 0 Å². The van der Waals surface area contributed by atoms with Crippen LogP contribution in [0.4, 0.5) is 0 Å². The SMILES string of the molecule is Clc1ccccc1[C@@H]1C[C@H]2CNC[C@H]21. The lowest BCUT2D eigenvalue weighted by molar-refractivity contribution is 0.191. The highest BCUT2D eigenvalue weighted by molar-refractivity contribution is 6.31. The summed E-state index contributed by atoms with van der Waals surface area (Å²) in [7, 11) is 0. The molecule has 0 amide bonds. The summed E-state index contributed by atoms with van der Waals surface area (Å²) < 4.78 is 0. The van der Waals surface area contributed by atoms with Crippen molar-refractivity contribution < 1.29 is 0 Å². The van der Waals surface area contributed by atoms with Crippen LogP contribution in [0.15, 0.2) is 24.3 Å². The fraction of sp³-hybridized carbons (Fsp3) is 0.500. The smallest absolute Gasteiger partial charge is 0.0440 e. The van der Waals surface area contributed by atoms with E-state index in [1.54, 1.807) is 0 Å². The van der Waals surface area contributed by atoms with Crippen LogP contribution in [0.25, 0.3) is 0 Å². The van der Waals surface area contributed by atoms with Gasteiger partial charge in [0.25, 0.3) is 0 Å². The molecule has 1 saturated heterocycles. The van der Waals surface area contributed by atoms with Gasteiger partial charge in [-0.1, -0.05) is 29.8 Å². The van der Waals surface area contributed by atoms with Crippen LogP contribution in [0, 0.1) is 11.8 Å². The van der Waals surface area contributed by atoms with Gasteiger partial charge in [-0.25, -0.2) is 0 Å². The van der Waals surface area contributed by atoms with Gasteiger partial charge in [0.05, 0.1) is 0 Å². The molecule has 1 saturated carbocycles. The highest BCUT2D eigenvalue weighted by atomic mass is 35.5. The molecule has 1 N–H and O–H groups in total. The van der Waals surface area contributed by atoms with Crippen molar-refractivity contribution in [1.82, 2.24) is 5.32 Å². The van der Waals surface area contributed by atoms with Gasteiger partial charge in [0.2, 0.25) is 0 Å². The van der Waals surface area contributed by atoms with Gasteiger partial charge in [-0.3, -0.25) is 0 Å². The Labute approximate surface area is 89.5 Å². The largest absolute Gasteiger partial charge is 0.316 e. The van der Waals surface area contributed by atoms with Crippen molar-refractivity contribution in [3.05, 3.63) is 34.9 Å². The first kappa shape index (κ1) is 8.75. The van der Waals surface area contributed by atoms with Crippen LogP contribution in [0.3, 0.4) is 0 Å². The average Bonchev–Trinajstić information content (AvgIpc) is 2.52. The molecule has 2 aliphatic rings. The highest BCUT2D eigenvalue weighted by Gasteiger charge is 2.44. The number of fused-ring (bicyclic) bond motifs is 1. The zero-order chi connectivity index (χ0) is 9.54. The Morgan fingerprint density at radius 2 is 2.07 bits per heavy atom. The summed E-state index contributed by atoms with van der Waals surface area (Å²) in [5, 5.41) is 4.41. The third kappa shape index (κ3) is 1.19. The Morgan fingerprint density at radius 3 is 2.86 bits per heavy atom. The minimum absolute atomic E-state index is 0.712. The number of hydrogen-bond donors (Lipinski definition) is 1. The third-order valence-corrected chi connectivity index (χ3v) is 4.11. The Kier molecular flexibility index (Phi) is 2.03. The summed E-state index contributed by atoms with van der Waals surface area (Å²) in [6.45, 7) is 2.40. The van der Waals surface area contributed by atoms with Crippen molar-refractivity contribution in [2.75, 3.05) is 13.1 Å². The first-order valence-corrected chi connectivity index (χ1v) is 5.69. The fourth-order valence-electron chi connectivity index (χ4n) is 2.92. The highest BCUT2D eigenvalue weighted by Crippen LogP contribution is 2.50. The third-order valence-electron chi connectivity index (χ3n) is 3.77. The topological polar surface area (TPSA) is 12.0 Å². The molecule has 1 aromatic rings. The molecule has 1 nitrogen and oxygen atoms in total. The average molecular weight is 208 g/mol. The minimum atomic E-state index is 0.712. The van der Waals surface area contributed by atoms with Gasteiger partial charge in [0.1, 0.15) is 0 Å². The van der Waals surface area contributed by atoms with E-state index in [1.807, 2.05) is 12.1 Å². The van der Waals surface area contributed by atoms with Gasteiger partial charge in [-0.05, 0) is 48.9 Å². The van der Waals surface area contributed by atoms with Gasteiger partial charge in [-0.2, -0.15) is 0 Å². The fourth-order valence-corrected chi connectivity index (χ4v) is 3.20. The molecule has 0 spiro atoms. The van der Waals surface area contributed by atoms with Gasteiger partial charge >= 0.3 is 0 Å². The summed E-state index contributed by atoms with van der Waals surface area (Å²) in [5.41, 5.74) is 1.36. The number of nitrogens with one attached hydrogen (secondary N) is 1. The predicted molar refractivity (Wildman–Crippen MR) is 58.7 cm³/mol. The molecular weight excluding hydrogens is 194 g/mol. The number of benzene rings is 1. The van der Waals surface area contributed by atoms with E-state index in [-0.39, 0.29) is 0 Å². The van der Waals surface area contributed by atoms with Crippen molar-refractivity contribution in [3.63, 3.8) is 0 Å². The van der Waals surface area contributed by atoms with Crippen molar-refractivity contribution in [2.24, 2.45) is 11.8 Å². The number of hydrogen-bond acceptors (Lipinski definition) is 1. The summed E-state index contributed by atoms with van der Waals surface area (Å²) in [5.74, 6) is 2.47. The maximum atomic E-state index is 6.20. The first-order valence-electron chi connectivity index (χ1n) is 5.31. The summed E-state index contributed by atoms with van der Waals surface area (Å²) in [4.78, 5) is 0. The van der Waals surface area contributed by atoms with Crippen molar-refractivity contribution >= 4 is 11.6 Å². The van der Waals surface area contributed by atoms with Crippen molar-refractivity contribution in [2.45, 2.75) is 12.3 Å². The molecule has 3 atom stereocenters. The molecule has 14 heavy (non-hydrogen) atoms. The zero-order valence-corrected chi connectivity index (χ0v) is 8.80. The molecule has 1 aromatic carbocycles. The normalized spacial score (nSPS) is 35.1. The maximum Gasteiger partial charge on any atom is 0.0440 e.